The Balaban J connectivity index is 2.45. The minimum Gasteiger partial charge on any atom is -0.503 e. The Kier molecular flexibility index (Phi) is 4.90. The lowest BCUT2D eigenvalue weighted by atomic mass is 10.0. The lowest BCUT2D eigenvalue weighted by Gasteiger charge is -2.06. The Morgan fingerprint density at radius 1 is 1.10 bits per heavy atom. The summed E-state index contributed by atoms with van der Waals surface area (Å²) in [6, 6.07) is 10.6. The van der Waals surface area contributed by atoms with Gasteiger partial charge in [-0.1, -0.05) is 30.3 Å². The summed E-state index contributed by atoms with van der Waals surface area (Å²) in [5.74, 6) is -0.677. The highest BCUT2D eigenvalue weighted by molar-refractivity contribution is 7.12. The largest absolute Gasteiger partial charge is 0.503 e. The molecule has 0 aliphatic carbocycles. The highest BCUT2D eigenvalue weighted by Gasteiger charge is 2.22. The Bertz CT molecular complexity index is 671. The maximum absolute atomic E-state index is 12.5. The molecule has 2 aromatic rings. The lowest BCUT2D eigenvalue weighted by molar-refractivity contribution is -0.133. The molecule has 0 unspecified atom stereocenters. The van der Waals surface area contributed by atoms with Crippen LogP contribution < -0.4 is 0 Å². The molecule has 0 N–H and O–H groups in total. The number of methoxy groups -OCH3 is 2. The van der Waals surface area contributed by atoms with E-state index in [-0.39, 0.29) is 11.4 Å². The molecule has 5 heteroatoms. The van der Waals surface area contributed by atoms with E-state index in [9.17, 15) is 9.59 Å². The van der Waals surface area contributed by atoms with Crippen LogP contribution >= 0.6 is 11.3 Å². The van der Waals surface area contributed by atoms with Crippen LogP contribution in [0.15, 0.2) is 48.0 Å². The second kappa shape index (κ2) is 6.85. The van der Waals surface area contributed by atoms with Crippen LogP contribution in [-0.2, 0) is 14.3 Å². The SMILES string of the molecule is CO/C=C(\C(=O)OC)c1ccsc1C(=O)c1ccccc1. The molecular formula is C16H14O4S. The highest BCUT2D eigenvalue weighted by atomic mass is 32.1. The Labute approximate surface area is 126 Å². The number of hydrogen-bond donors (Lipinski definition) is 0. The zero-order chi connectivity index (χ0) is 15.2. The molecule has 0 aliphatic heterocycles. The van der Waals surface area contributed by atoms with Gasteiger partial charge < -0.3 is 9.47 Å². The second-order valence-electron chi connectivity index (χ2n) is 4.12. The predicted molar refractivity (Wildman–Crippen MR) is 81.2 cm³/mol. The van der Waals surface area contributed by atoms with Crippen molar-refractivity contribution in [2.45, 2.75) is 0 Å². The van der Waals surface area contributed by atoms with Crippen molar-refractivity contribution in [1.82, 2.24) is 0 Å². The molecule has 0 spiro atoms. The zero-order valence-electron chi connectivity index (χ0n) is 11.7. The first-order valence-electron chi connectivity index (χ1n) is 6.18. The van der Waals surface area contributed by atoms with E-state index in [4.69, 9.17) is 9.47 Å². The molecule has 0 saturated heterocycles. The van der Waals surface area contributed by atoms with E-state index < -0.39 is 5.97 Å². The zero-order valence-corrected chi connectivity index (χ0v) is 12.5. The van der Waals surface area contributed by atoms with Crippen LogP contribution in [0.1, 0.15) is 20.8 Å². The number of esters is 1. The van der Waals surface area contributed by atoms with Crippen LogP contribution in [0.2, 0.25) is 0 Å². The third kappa shape index (κ3) is 3.20. The van der Waals surface area contributed by atoms with Gasteiger partial charge in [-0.15, -0.1) is 11.3 Å². The van der Waals surface area contributed by atoms with E-state index in [0.29, 0.717) is 16.0 Å². The van der Waals surface area contributed by atoms with Gasteiger partial charge in [0.1, 0.15) is 5.57 Å². The molecule has 108 valence electrons. The van der Waals surface area contributed by atoms with Crippen molar-refractivity contribution in [3.05, 3.63) is 64.0 Å². The molecule has 0 saturated carbocycles. The normalized spacial score (nSPS) is 11.0. The van der Waals surface area contributed by atoms with Crippen LogP contribution in [0.3, 0.4) is 0 Å². The third-order valence-electron chi connectivity index (χ3n) is 2.84. The maximum Gasteiger partial charge on any atom is 0.341 e. The van der Waals surface area contributed by atoms with Crippen LogP contribution in [0.25, 0.3) is 5.57 Å². The minimum atomic E-state index is -0.544. The van der Waals surface area contributed by atoms with Crippen LogP contribution in [0.5, 0.6) is 0 Å². The molecule has 1 aromatic carbocycles. The van der Waals surface area contributed by atoms with Gasteiger partial charge in [-0.2, -0.15) is 0 Å². The summed E-state index contributed by atoms with van der Waals surface area (Å²) in [5.41, 5.74) is 1.31. The summed E-state index contributed by atoms with van der Waals surface area (Å²) in [6.07, 6.45) is 1.29. The average molecular weight is 302 g/mol. The van der Waals surface area contributed by atoms with Crippen molar-refractivity contribution in [3.63, 3.8) is 0 Å². The van der Waals surface area contributed by atoms with Crippen LogP contribution in [0, 0.1) is 0 Å². The summed E-state index contributed by atoms with van der Waals surface area (Å²) in [7, 11) is 2.73. The summed E-state index contributed by atoms with van der Waals surface area (Å²) in [4.78, 5) is 24.9. The Morgan fingerprint density at radius 3 is 2.43 bits per heavy atom. The van der Waals surface area contributed by atoms with Crippen molar-refractivity contribution in [2.75, 3.05) is 14.2 Å². The molecule has 0 bridgehead atoms. The number of ether oxygens (including phenoxy) is 2. The predicted octanol–water partition coefficient (Wildman–Crippen LogP) is 3.14. The first-order chi connectivity index (χ1) is 10.2. The van der Waals surface area contributed by atoms with Gasteiger partial charge in [0.15, 0.2) is 0 Å². The monoisotopic (exact) mass is 302 g/mol. The molecule has 21 heavy (non-hydrogen) atoms. The van der Waals surface area contributed by atoms with Gasteiger partial charge in [0.2, 0.25) is 5.78 Å². The first kappa shape index (κ1) is 15.0. The lowest BCUT2D eigenvalue weighted by Crippen LogP contribution is -2.08. The van der Waals surface area contributed by atoms with E-state index in [1.54, 1.807) is 35.7 Å². The Hall–Kier alpha value is -2.40. The van der Waals surface area contributed by atoms with Crippen LogP contribution in [-0.4, -0.2) is 26.0 Å². The summed E-state index contributed by atoms with van der Waals surface area (Å²) in [5, 5.41) is 1.76. The van der Waals surface area contributed by atoms with Crippen molar-refractivity contribution >= 4 is 28.7 Å². The smallest absolute Gasteiger partial charge is 0.341 e. The number of carbonyl (C=O) groups excluding carboxylic acids is 2. The molecule has 1 heterocycles. The molecule has 0 atom stereocenters. The van der Waals surface area contributed by atoms with Crippen LogP contribution in [0.4, 0.5) is 0 Å². The van der Waals surface area contributed by atoms with E-state index >= 15 is 0 Å². The molecule has 0 radical (unpaired) electrons. The van der Waals surface area contributed by atoms with Crippen molar-refractivity contribution < 1.29 is 19.1 Å². The molecule has 4 nitrogen and oxygen atoms in total. The van der Waals surface area contributed by atoms with E-state index in [2.05, 4.69) is 0 Å². The Morgan fingerprint density at radius 2 is 1.81 bits per heavy atom. The third-order valence-corrected chi connectivity index (χ3v) is 3.75. The fourth-order valence-corrected chi connectivity index (χ4v) is 2.74. The van der Waals surface area contributed by atoms with Crippen molar-refractivity contribution in [2.24, 2.45) is 0 Å². The fourth-order valence-electron chi connectivity index (χ4n) is 1.87. The van der Waals surface area contributed by atoms with Gasteiger partial charge >= 0.3 is 5.97 Å². The number of thiophene rings is 1. The number of carbonyl (C=O) groups is 2. The molecule has 2 rings (SSSR count). The standard InChI is InChI=1S/C16H14O4S/c1-19-10-13(16(18)20-2)12-8-9-21-15(12)14(17)11-6-4-3-5-7-11/h3-10H,1-2H3/b13-10-. The number of benzene rings is 1. The van der Waals surface area contributed by atoms with Gasteiger partial charge in [0, 0.05) is 11.1 Å². The summed E-state index contributed by atoms with van der Waals surface area (Å²) >= 11 is 1.28. The first-order valence-corrected chi connectivity index (χ1v) is 7.06. The maximum atomic E-state index is 12.5. The van der Waals surface area contributed by atoms with Crippen molar-refractivity contribution in [3.8, 4) is 0 Å². The van der Waals surface area contributed by atoms with Gasteiger partial charge in [-0.05, 0) is 11.4 Å². The van der Waals surface area contributed by atoms with E-state index in [1.165, 1.54) is 31.8 Å². The number of rotatable bonds is 5. The molecular weight excluding hydrogens is 288 g/mol. The van der Waals surface area contributed by atoms with Crippen molar-refractivity contribution in [1.29, 1.82) is 0 Å². The van der Waals surface area contributed by atoms with E-state index in [1.807, 2.05) is 6.07 Å². The second-order valence-corrected chi connectivity index (χ2v) is 5.03. The van der Waals surface area contributed by atoms with Gasteiger partial charge in [0.25, 0.3) is 0 Å². The summed E-state index contributed by atoms with van der Waals surface area (Å²) < 4.78 is 9.66. The highest BCUT2D eigenvalue weighted by Crippen LogP contribution is 2.28. The number of ketones is 1. The van der Waals surface area contributed by atoms with Gasteiger partial charge in [-0.25, -0.2) is 4.79 Å². The molecule has 0 amide bonds. The average Bonchev–Trinajstić information content (AvgIpc) is 3.01. The topological polar surface area (TPSA) is 52.6 Å². The fraction of sp³-hybridized carbons (Fsp3) is 0.125. The van der Waals surface area contributed by atoms with Gasteiger partial charge in [0.05, 0.1) is 25.4 Å². The quantitative estimate of drug-likeness (QED) is 0.368. The summed E-state index contributed by atoms with van der Waals surface area (Å²) in [6.45, 7) is 0. The molecule has 0 fully saturated rings. The van der Waals surface area contributed by atoms with Gasteiger partial charge in [-0.3, -0.25) is 4.79 Å². The molecule has 1 aromatic heterocycles. The van der Waals surface area contributed by atoms with E-state index in [0.717, 1.165) is 0 Å². The molecule has 0 aliphatic rings. The number of hydrogen-bond acceptors (Lipinski definition) is 5. The minimum absolute atomic E-state index is 0.133.